The quantitative estimate of drug-likeness (QED) is 0.665. The maximum atomic E-state index is 12.0. The highest BCUT2D eigenvalue weighted by atomic mass is 16.5. The summed E-state index contributed by atoms with van der Waals surface area (Å²) in [5.74, 6) is 0.515. The van der Waals surface area contributed by atoms with E-state index in [4.69, 9.17) is 9.94 Å². The van der Waals surface area contributed by atoms with Gasteiger partial charge in [-0.1, -0.05) is 25.1 Å². The third-order valence-electron chi connectivity index (χ3n) is 3.24. The average Bonchev–Trinajstić information content (AvgIpc) is 2.37. The van der Waals surface area contributed by atoms with E-state index in [-0.39, 0.29) is 16.9 Å². The first-order valence-electron chi connectivity index (χ1n) is 6.42. The summed E-state index contributed by atoms with van der Waals surface area (Å²) in [6.07, 6.45) is 0.957. The number of nitrogens with zero attached hydrogens (tertiary/aromatic N) is 2. The topological polar surface area (TPSA) is 71.2 Å². The molecule has 20 heavy (non-hydrogen) atoms. The van der Waals surface area contributed by atoms with Gasteiger partial charge in [-0.3, -0.25) is 9.79 Å². The smallest absolute Gasteiger partial charge is 0.187 e. The summed E-state index contributed by atoms with van der Waals surface area (Å²) in [4.78, 5) is 16.4. The number of methoxy groups -OCH3 is 1. The second kappa shape index (κ2) is 5.45. The van der Waals surface area contributed by atoms with Crippen LogP contribution in [-0.4, -0.2) is 29.5 Å². The molecule has 0 aliphatic heterocycles. The SMILES string of the molecule is COc1cccc(N=C2CC(C)(C)CC(=O)/C2=N/O)c1. The highest BCUT2D eigenvalue weighted by molar-refractivity contribution is 6.68. The monoisotopic (exact) mass is 274 g/mol. The van der Waals surface area contributed by atoms with Crippen LogP contribution in [0.1, 0.15) is 26.7 Å². The van der Waals surface area contributed by atoms with E-state index in [1.165, 1.54) is 0 Å². The number of hydrogen-bond acceptors (Lipinski definition) is 5. The van der Waals surface area contributed by atoms with Gasteiger partial charge in [-0.2, -0.15) is 0 Å². The lowest BCUT2D eigenvalue weighted by Gasteiger charge is -2.29. The van der Waals surface area contributed by atoms with Gasteiger partial charge in [-0.05, 0) is 24.0 Å². The van der Waals surface area contributed by atoms with Gasteiger partial charge in [-0.25, -0.2) is 0 Å². The van der Waals surface area contributed by atoms with Gasteiger partial charge < -0.3 is 9.94 Å². The van der Waals surface area contributed by atoms with Gasteiger partial charge in [-0.15, -0.1) is 0 Å². The van der Waals surface area contributed by atoms with E-state index in [1.807, 2.05) is 32.0 Å². The molecule has 1 saturated carbocycles. The van der Waals surface area contributed by atoms with Gasteiger partial charge in [0, 0.05) is 12.5 Å². The van der Waals surface area contributed by atoms with Crippen LogP contribution in [0.3, 0.4) is 0 Å². The standard InChI is InChI=1S/C15H18N2O3/c1-15(2)8-12(14(17-19)13(18)9-15)16-10-5-4-6-11(7-10)20-3/h4-7,19H,8-9H2,1-3H3/b16-12?,17-14+. The highest BCUT2D eigenvalue weighted by Crippen LogP contribution is 2.32. The Balaban J connectivity index is 2.41. The van der Waals surface area contributed by atoms with E-state index >= 15 is 0 Å². The molecule has 1 aromatic carbocycles. The fraction of sp³-hybridized carbons (Fsp3) is 0.400. The maximum Gasteiger partial charge on any atom is 0.187 e. The van der Waals surface area contributed by atoms with Crippen LogP contribution in [0.4, 0.5) is 5.69 Å². The minimum Gasteiger partial charge on any atom is -0.497 e. The molecule has 106 valence electrons. The van der Waals surface area contributed by atoms with E-state index in [9.17, 15) is 4.79 Å². The number of Topliss-reactive ketones (excluding diaryl/α,β-unsaturated/α-hetero) is 1. The fourth-order valence-corrected chi connectivity index (χ4v) is 2.32. The molecule has 1 aliphatic carbocycles. The zero-order chi connectivity index (χ0) is 14.8. The lowest BCUT2D eigenvalue weighted by Crippen LogP contribution is -2.38. The number of oxime groups is 1. The van der Waals surface area contributed by atoms with Crippen LogP contribution in [0.15, 0.2) is 34.4 Å². The Morgan fingerprint density at radius 1 is 1.30 bits per heavy atom. The van der Waals surface area contributed by atoms with Crippen molar-refractivity contribution in [2.75, 3.05) is 7.11 Å². The van der Waals surface area contributed by atoms with Crippen molar-refractivity contribution in [1.82, 2.24) is 0 Å². The summed E-state index contributed by atoms with van der Waals surface area (Å²) >= 11 is 0. The van der Waals surface area contributed by atoms with Gasteiger partial charge in [0.05, 0.1) is 18.5 Å². The summed E-state index contributed by atoms with van der Waals surface area (Å²) in [5.41, 5.74) is 1.07. The number of carbonyl (C=O) groups is 1. The summed E-state index contributed by atoms with van der Waals surface area (Å²) in [6.45, 7) is 4.00. The Hall–Kier alpha value is -2.17. The zero-order valence-electron chi connectivity index (χ0n) is 11.9. The van der Waals surface area contributed by atoms with E-state index in [0.717, 1.165) is 0 Å². The number of carbonyl (C=O) groups excluding carboxylic acids is 1. The summed E-state index contributed by atoms with van der Waals surface area (Å²) in [5, 5.41) is 12.2. The molecule has 0 radical (unpaired) electrons. The van der Waals surface area contributed by atoms with E-state index in [1.54, 1.807) is 13.2 Å². The van der Waals surface area contributed by atoms with Crippen molar-refractivity contribution in [3.05, 3.63) is 24.3 Å². The molecule has 0 saturated heterocycles. The summed E-state index contributed by atoms with van der Waals surface area (Å²) < 4.78 is 5.14. The van der Waals surface area contributed by atoms with Crippen LogP contribution in [0.2, 0.25) is 0 Å². The number of ether oxygens (including phenoxy) is 1. The first-order valence-corrected chi connectivity index (χ1v) is 6.42. The Morgan fingerprint density at radius 3 is 2.70 bits per heavy atom. The average molecular weight is 274 g/mol. The van der Waals surface area contributed by atoms with Gasteiger partial charge in [0.2, 0.25) is 0 Å². The number of rotatable bonds is 2. The van der Waals surface area contributed by atoms with Crippen molar-refractivity contribution in [2.24, 2.45) is 15.6 Å². The molecule has 0 bridgehead atoms. The molecule has 1 aromatic rings. The molecule has 5 heteroatoms. The molecular weight excluding hydrogens is 256 g/mol. The number of aliphatic imine (C=N–C) groups is 1. The molecule has 1 N–H and O–H groups in total. The lowest BCUT2D eigenvalue weighted by molar-refractivity contribution is -0.114. The lowest BCUT2D eigenvalue weighted by atomic mass is 9.75. The van der Waals surface area contributed by atoms with Crippen LogP contribution < -0.4 is 4.74 Å². The minimum absolute atomic E-state index is 0.0622. The minimum atomic E-state index is -0.178. The second-order valence-electron chi connectivity index (χ2n) is 5.65. The van der Waals surface area contributed by atoms with Crippen molar-refractivity contribution >= 4 is 22.9 Å². The van der Waals surface area contributed by atoms with Gasteiger partial charge in [0.25, 0.3) is 0 Å². The molecule has 1 aliphatic rings. The third kappa shape index (κ3) is 3.04. The molecule has 0 amide bonds. The van der Waals surface area contributed by atoms with E-state index in [0.29, 0.717) is 30.0 Å². The van der Waals surface area contributed by atoms with Crippen molar-refractivity contribution < 1.29 is 14.7 Å². The van der Waals surface area contributed by atoms with Crippen molar-refractivity contribution in [3.8, 4) is 5.75 Å². The number of ketones is 1. The number of hydrogen-bond donors (Lipinski definition) is 1. The molecule has 0 heterocycles. The Labute approximate surface area is 118 Å². The third-order valence-corrected chi connectivity index (χ3v) is 3.24. The zero-order valence-corrected chi connectivity index (χ0v) is 11.9. The van der Waals surface area contributed by atoms with Crippen LogP contribution in [0.5, 0.6) is 5.75 Å². The fourth-order valence-electron chi connectivity index (χ4n) is 2.32. The van der Waals surface area contributed by atoms with Crippen LogP contribution in [0, 0.1) is 5.41 Å². The maximum absolute atomic E-state index is 12.0. The number of benzene rings is 1. The van der Waals surface area contributed by atoms with Crippen LogP contribution in [0.25, 0.3) is 0 Å². The van der Waals surface area contributed by atoms with E-state index in [2.05, 4.69) is 10.1 Å². The molecule has 0 spiro atoms. The molecular formula is C15H18N2O3. The molecule has 0 unspecified atom stereocenters. The van der Waals surface area contributed by atoms with Crippen LogP contribution in [-0.2, 0) is 4.79 Å². The predicted octanol–water partition coefficient (Wildman–Crippen LogP) is 2.99. The molecule has 5 nitrogen and oxygen atoms in total. The van der Waals surface area contributed by atoms with Gasteiger partial charge >= 0.3 is 0 Å². The Morgan fingerprint density at radius 2 is 2.05 bits per heavy atom. The van der Waals surface area contributed by atoms with Crippen molar-refractivity contribution in [3.63, 3.8) is 0 Å². The Kier molecular flexibility index (Phi) is 3.88. The van der Waals surface area contributed by atoms with Gasteiger partial charge in [0.15, 0.2) is 11.5 Å². The normalized spacial score (nSPS) is 22.2. The molecule has 0 atom stereocenters. The van der Waals surface area contributed by atoms with Crippen molar-refractivity contribution in [2.45, 2.75) is 26.7 Å². The molecule has 1 fully saturated rings. The summed E-state index contributed by atoms with van der Waals surface area (Å²) in [6, 6.07) is 7.23. The largest absolute Gasteiger partial charge is 0.497 e. The molecule has 0 aromatic heterocycles. The van der Waals surface area contributed by atoms with Crippen molar-refractivity contribution in [1.29, 1.82) is 0 Å². The molecule has 2 rings (SSSR count). The van der Waals surface area contributed by atoms with E-state index < -0.39 is 0 Å². The summed E-state index contributed by atoms with van der Waals surface area (Å²) in [7, 11) is 1.58. The highest BCUT2D eigenvalue weighted by Gasteiger charge is 2.35. The van der Waals surface area contributed by atoms with Crippen LogP contribution >= 0.6 is 0 Å². The van der Waals surface area contributed by atoms with Gasteiger partial charge in [0.1, 0.15) is 5.75 Å². The first kappa shape index (κ1) is 14.2. The predicted molar refractivity (Wildman–Crippen MR) is 77.3 cm³/mol. The Bertz CT molecular complexity index is 589. The first-order chi connectivity index (χ1) is 9.45. The second-order valence-corrected chi connectivity index (χ2v) is 5.65.